The zero-order valence-corrected chi connectivity index (χ0v) is 18.8. The average molecular weight is 452 g/mol. The zero-order chi connectivity index (χ0) is 23.0. The summed E-state index contributed by atoms with van der Waals surface area (Å²) in [5, 5.41) is 15.1. The standard InChI is InChI=1S/C27H21N3O2S/c1-19-11-13-20(14-12-19)24-18-33-27(30-24)22(16-28)15-21-7-5-6-10-25(21)32-17-26(31)29-23-8-3-2-4-9-23/h2-15,18H,17H2,1H3,(H,29,31)/b22-15+. The Morgan fingerprint density at radius 3 is 2.55 bits per heavy atom. The van der Waals surface area contributed by atoms with Gasteiger partial charge in [-0.05, 0) is 31.2 Å². The number of para-hydroxylation sites is 2. The number of amides is 1. The third kappa shape index (κ3) is 5.73. The van der Waals surface area contributed by atoms with Crippen molar-refractivity contribution in [2.45, 2.75) is 6.92 Å². The van der Waals surface area contributed by atoms with Crippen LogP contribution in [-0.2, 0) is 4.79 Å². The quantitative estimate of drug-likeness (QED) is 0.340. The van der Waals surface area contributed by atoms with Gasteiger partial charge in [0, 0.05) is 22.2 Å². The smallest absolute Gasteiger partial charge is 0.262 e. The SMILES string of the molecule is Cc1ccc(-c2csc(/C(C#N)=C/c3ccccc3OCC(=O)Nc3ccccc3)n2)cc1. The largest absolute Gasteiger partial charge is 0.483 e. The van der Waals surface area contributed by atoms with E-state index >= 15 is 0 Å². The molecule has 1 amide bonds. The number of thiazole rings is 1. The Morgan fingerprint density at radius 1 is 1.06 bits per heavy atom. The Bertz CT molecular complexity index is 1320. The number of rotatable bonds is 7. The van der Waals surface area contributed by atoms with Gasteiger partial charge in [0.15, 0.2) is 6.61 Å². The number of benzene rings is 3. The number of allylic oxidation sites excluding steroid dienone is 1. The summed E-state index contributed by atoms with van der Waals surface area (Å²) in [5.74, 6) is 0.256. The van der Waals surface area contributed by atoms with E-state index < -0.39 is 0 Å². The minimum absolute atomic E-state index is 0.142. The maximum absolute atomic E-state index is 12.2. The predicted octanol–water partition coefficient (Wildman–Crippen LogP) is 6.20. The molecular formula is C27H21N3O2S. The van der Waals surface area contributed by atoms with Gasteiger partial charge in [-0.15, -0.1) is 11.3 Å². The van der Waals surface area contributed by atoms with Crippen molar-refractivity contribution in [2.75, 3.05) is 11.9 Å². The lowest BCUT2D eigenvalue weighted by Gasteiger charge is -2.10. The highest BCUT2D eigenvalue weighted by Crippen LogP contribution is 2.29. The molecule has 0 bridgehead atoms. The number of nitrogens with zero attached hydrogens (tertiary/aromatic N) is 2. The molecule has 1 aromatic heterocycles. The number of ether oxygens (including phenoxy) is 1. The predicted molar refractivity (Wildman–Crippen MR) is 133 cm³/mol. The monoisotopic (exact) mass is 451 g/mol. The molecule has 0 fully saturated rings. The third-order valence-electron chi connectivity index (χ3n) is 4.84. The molecule has 6 heteroatoms. The van der Waals surface area contributed by atoms with E-state index in [2.05, 4.69) is 16.4 Å². The van der Waals surface area contributed by atoms with Gasteiger partial charge in [-0.3, -0.25) is 4.79 Å². The van der Waals surface area contributed by atoms with E-state index in [-0.39, 0.29) is 12.5 Å². The van der Waals surface area contributed by atoms with Crippen LogP contribution in [0.25, 0.3) is 22.9 Å². The van der Waals surface area contributed by atoms with Crippen LogP contribution in [0.5, 0.6) is 5.75 Å². The van der Waals surface area contributed by atoms with E-state index in [1.165, 1.54) is 16.9 Å². The Balaban J connectivity index is 1.50. The van der Waals surface area contributed by atoms with Gasteiger partial charge in [0.2, 0.25) is 0 Å². The molecule has 0 aliphatic heterocycles. The Kier molecular flexibility index (Phi) is 6.93. The lowest BCUT2D eigenvalue weighted by Crippen LogP contribution is -2.20. The second kappa shape index (κ2) is 10.4. The van der Waals surface area contributed by atoms with Gasteiger partial charge >= 0.3 is 0 Å². The molecule has 33 heavy (non-hydrogen) atoms. The molecule has 162 valence electrons. The van der Waals surface area contributed by atoms with Crippen LogP contribution in [0.3, 0.4) is 0 Å². The number of carbonyl (C=O) groups is 1. The number of nitrogens with one attached hydrogen (secondary N) is 1. The molecule has 0 saturated heterocycles. The van der Waals surface area contributed by atoms with Gasteiger partial charge in [-0.2, -0.15) is 5.26 Å². The number of anilines is 1. The fourth-order valence-corrected chi connectivity index (χ4v) is 3.94. The van der Waals surface area contributed by atoms with Gasteiger partial charge in [0.1, 0.15) is 16.8 Å². The molecule has 4 rings (SSSR count). The first-order chi connectivity index (χ1) is 16.1. The van der Waals surface area contributed by atoms with Crippen molar-refractivity contribution in [3.63, 3.8) is 0 Å². The number of aromatic nitrogens is 1. The highest BCUT2D eigenvalue weighted by atomic mass is 32.1. The van der Waals surface area contributed by atoms with Crippen molar-refractivity contribution >= 4 is 34.6 Å². The molecule has 1 N–H and O–H groups in total. The van der Waals surface area contributed by atoms with E-state index in [0.717, 1.165) is 11.3 Å². The molecule has 0 saturated carbocycles. The fraction of sp³-hybridized carbons (Fsp3) is 0.0741. The molecule has 1 heterocycles. The van der Waals surface area contributed by atoms with Crippen LogP contribution >= 0.6 is 11.3 Å². The van der Waals surface area contributed by atoms with E-state index in [9.17, 15) is 10.1 Å². The summed E-state index contributed by atoms with van der Waals surface area (Å²) in [7, 11) is 0. The molecule has 0 unspecified atom stereocenters. The van der Waals surface area contributed by atoms with E-state index in [1.54, 1.807) is 12.1 Å². The summed E-state index contributed by atoms with van der Waals surface area (Å²) in [4.78, 5) is 16.9. The molecule has 5 nitrogen and oxygen atoms in total. The van der Waals surface area contributed by atoms with Crippen molar-refractivity contribution in [3.8, 4) is 23.1 Å². The fourth-order valence-electron chi connectivity index (χ4n) is 3.14. The summed E-state index contributed by atoms with van der Waals surface area (Å²) in [6.45, 7) is 1.90. The molecular weight excluding hydrogens is 430 g/mol. The molecule has 0 aliphatic carbocycles. The highest BCUT2D eigenvalue weighted by Gasteiger charge is 2.11. The second-order valence-corrected chi connectivity index (χ2v) is 8.17. The number of hydrogen-bond acceptors (Lipinski definition) is 5. The molecule has 0 atom stereocenters. The van der Waals surface area contributed by atoms with Crippen molar-refractivity contribution < 1.29 is 9.53 Å². The van der Waals surface area contributed by atoms with Crippen LogP contribution in [0.2, 0.25) is 0 Å². The Morgan fingerprint density at radius 2 is 1.79 bits per heavy atom. The van der Waals surface area contributed by atoms with Gasteiger partial charge < -0.3 is 10.1 Å². The lowest BCUT2D eigenvalue weighted by molar-refractivity contribution is -0.118. The molecule has 4 aromatic rings. The highest BCUT2D eigenvalue weighted by molar-refractivity contribution is 7.11. The van der Waals surface area contributed by atoms with Crippen LogP contribution in [-0.4, -0.2) is 17.5 Å². The lowest BCUT2D eigenvalue weighted by atomic mass is 10.1. The van der Waals surface area contributed by atoms with Crippen LogP contribution in [0.4, 0.5) is 5.69 Å². The first-order valence-corrected chi connectivity index (χ1v) is 11.2. The van der Waals surface area contributed by atoms with Gasteiger partial charge in [-0.25, -0.2) is 4.98 Å². The minimum Gasteiger partial charge on any atom is -0.483 e. The molecule has 0 radical (unpaired) electrons. The Labute approximate surface area is 196 Å². The van der Waals surface area contributed by atoms with Gasteiger partial charge in [0.05, 0.1) is 11.3 Å². The van der Waals surface area contributed by atoms with Gasteiger partial charge in [-0.1, -0.05) is 66.2 Å². The normalized spacial score (nSPS) is 11.0. The molecule has 3 aromatic carbocycles. The summed E-state index contributed by atoms with van der Waals surface area (Å²) < 4.78 is 5.76. The Hall–Kier alpha value is -4.21. The van der Waals surface area contributed by atoms with Crippen LogP contribution in [0.15, 0.2) is 84.2 Å². The third-order valence-corrected chi connectivity index (χ3v) is 5.71. The summed E-state index contributed by atoms with van der Waals surface area (Å²) in [6, 6.07) is 26.9. The van der Waals surface area contributed by atoms with Gasteiger partial charge in [0.25, 0.3) is 5.91 Å². The number of carbonyl (C=O) groups excluding carboxylic acids is 1. The van der Waals surface area contributed by atoms with Crippen LogP contribution in [0.1, 0.15) is 16.1 Å². The molecule has 0 spiro atoms. The van der Waals surface area contributed by atoms with Crippen molar-refractivity contribution in [2.24, 2.45) is 0 Å². The summed E-state index contributed by atoms with van der Waals surface area (Å²) in [6.07, 6.45) is 1.74. The first-order valence-electron chi connectivity index (χ1n) is 10.3. The van der Waals surface area contributed by atoms with Crippen molar-refractivity contribution in [1.29, 1.82) is 5.26 Å². The van der Waals surface area contributed by atoms with E-state index in [1.807, 2.05) is 85.1 Å². The summed E-state index contributed by atoms with van der Waals surface area (Å²) >= 11 is 1.42. The van der Waals surface area contributed by atoms with Crippen molar-refractivity contribution in [1.82, 2.24) is 4.98 Å². The van der Waals surface area contributed by atoms with Crippen LogP contribution in [0, 0.1) is 18.3 Å². The topological polar surface area (TPSA) is 75.0 Å². The average Bonchev–Trinajstić information content (AvgIpc) is 3.33. The van der Waals surface area contributed by atoms with E-state index in [4.69, 9.17) is 4.74 Å². The second-order valence-electron chi connectivity index (χ2n) is 7.31. The minimum atomic E-state index is -0.261. The zero-order valence-electron chi connectivity index (χ0n) is 18.0. The number of hydrogen-bond donors (Lipinski definition) is 1. The summed E-state index contributed by atoms with van der Waals surface area (Å²) in [5.41, 5.74) is 4.86. The molecule has 0 aliphatic rings. The first kappa shape index (κ1) is 22.0. The van der Waals surface area contributed by atoms with Crippen LogP contribution < -0.4 is 10.1 Å². The van der Waals surface area contributed by atoms with Crippen molar-refractivity contribution in [3.05, 3.63) is 100 Å². The maximum Gasteiger partial charge on any atom is 0.262 e. The maximum atomic E-state index is 12.2. The number of nitriles is 1. The van der Waals surface area contributed by atoms with E-state index in [0.29, 0.717) is 27.6 Å². The number of aryl methyl sites for hydroxylation is 1.